The molecule has 0 bridgehead atoms. The van der Waals surface area contributed by atoms with E-state index in [9.17, 15) is 4.79 Å². The molecule has 1 aliphatic heterocycles. The fourth-order valence-corrected chi connectivity index (χ4v) is 3.05. The van der Waals surface area contributed by atoms with E-state index >= 15 is 0 Å². The minimum Gasteiger partial charge on any atom is -0.461 e. The van der Waals surface area contributed by atoms with E-state index in [1.165, 1.54) is 0 Å². The van der Waals surface area contributed by atoms with Gasteiger partial charge in [0.15, 0.2) is 0 Å². The molecule has 1 fully saturated rings. The zero-order valence-electron chi connectivity index (χ0n) is 13.3. The lowest BCUT2D eigenvalue weighted by Crippen LogP contribution is -2.33. The molecule has 3 rings (SSSR count). The van der Waals surface area contributed by atoms with Gasteiger partial charge in [0.25, 0.3) is 0 Å². The maximum absolute atomic E-state index is 11.8. The molecule has 118 valence electrons. The summed E-state index contributed by atoms with van der Waals surface area (Å²) in [6.07, 6.45) is 1.94. The number of nitrogens with zero attached hydrogens (tertiary/aromatic N) is 1. The second kappa shape index (κ2) is 5.72. The molecule has 1 aliphatic rings. The molecule has 5 nitrogen and oxygen atoms in total. The number of carbonyl (C=O) groups excluding carboxylic acids is 1. The van der Waals surface area contributed by atoms with E-state index in [2.05, 4.69) is 18.8 Å². The topological polar surface area (TPSA) is 64.2 Å². The molecule has 3 heterocycles. The molecule has 1 N–H and O–H groups in total. The van der Waals surface area contributed by atoms with Gasteiger partial charge in [0.2, 0.25) is 0 Å². The third-order valence-electron chi connectivity index (χ3n) is 4.11. The quantitative estimate of drug-likeness (QED) is 0.882. The van der Waals surface area contributed by atoms with E-state index < -0.39 is 0 Å². The summed E-state index contributed by atoms with van der Waals surface area (Å²) in [4.78, 5) is 19.6. The van der Waals surface area contributed by atoms with Crippen LogP contribution in [0.4, 0.5) is 0 Å². The Morgan fingerprint density at radius 3 is 3.05 bits per heavy atom. The van der Waals surface area contributed by atoms with E-state index in [4.69, 9.17) is 14.5 Å². The molecule has 22 heavy (non-hydrogen) atoms. The highest BCUT2D eigenvalue weighted by molar-refractivity contribution is 5.93. The van der Waals surface area contributed by atoms with Crippen LogP contribution in [-0.4, -0.2) is 34.8 Å². The number of hydrogen-bond acceptors (Lipinski definition) is 4. The van der Waals surface area contributed by atoms with E-state index in [0.717, 1.165) is 36.2 Å². The van der Waals surface area contributed by atoms with Gasteiger partial charge in [0.05, 0.1) is 23.2 Å². The molecule has 2 aromatic heterocycles. The Balaban J connectivity index is 1.88. The normalized spacial score (nSPS) is 21.0. The van der Waals surface area contributed by atoms with Gasteiger partial charge in [0, 0.05) is 18.2 Å². The van der Waals surface area contributed by atoms with Crippen molar-refractivity contribution in [2.45, 2.75) is 45.1 Å². The largest absolute Gasteiger partial charge is 0.461 e. The number of H-pyrrole nitrogens is 1. The lowest BCUT2D eigenvalue weighted by Gasteiger charge is -2.35. The summed E-state index contributed by atoms with van der Waals surface area (Å²) in [7, 11) is 0. The van der Waals surface area contributed by atoms with Gasteiger partial charge in [-0.05, 0) is 51.8 Å². The highest BCUT2D eigenvalue weighted by Gasteiger charge is 2.30. The maximum atomic E-state index is 11.8. The predicted octanol–water partition coefficient (Wildman–Crippen LogP) is 3.41. The SMILES string of the molecule is CCOC(=O)c1cc2nc(C3CCOC(C)(C)C3)ccc2[nH]1. The maximum Gasteiger partial charge on any atom is 0.354 e. The first-order chi connectivity index (χ1) is 10.5. The molecule has 0 aromatic carbocycles. The summed E-state index contributed by atoms with van der Waals surface area (Å²) in [5, 5.41) is 0. The average molecular weight is 302 g/mol. The molecule has 5 heteroatoms. The predicted molar refractivity (Wildman–Crippen MR) is 84.1 cm³/mol. The van der Waals surface area contributed by atoms with Crippen molar-refractivity contribution in [2.24, 2.45) is 0 Å². The van der Waals surface area contributed by atoms with Crippen LogP contribution in [-0.2, 0) is 9.47 Å². The number of fused-ring (bicyclic) bond motifs is 1. The number of pyridine rings is 1. The number of carbonyl (C=O) groups is 1. The van der Waals surface area contributed by atoms with E-state index in [-0.39, 0.29) is 11.6 Å². The molecular weight excluding hydrogens is 280 g/mol. The highest BCUT2D eigenvalue weighted by atomic mass is 16.5. The number of aromatic nitrogens is 2. The van der Waals surface area contributed by atoms with E-state index in [0.29, 0.717) is 18.2 Å². The van der Waals surface area contributed by atoms with Crippen LogP contribution in [0.3, 0.4) is 0 Å². The Morgan fingerprint density at radius 2 is 2.32 bits per heavy atom. The second-order valence-electron chi connectivity index (χ2n) is 6.37. The Hall–Kier alpha value is -1.88. The molecule has 0 saturated carbocycles. The number of nitrogens with one attached hydrogen (secondary N) is 1. The molecule has 0 amide bonds. The molecule has 1 unspecified atom stereocenters. The molecule has 0 aliphatic carbocycles. The smallest absolute Gasteiger partial charge is 0.354 e. The van der Waals surface area contributed by atoms with Crippen LogP contribution >= 0.6 is 0 Å². The first-order valence-corrected chi connectivity index (χ1v) is 7.79. The van der Waals surface area contributed by atoms with Gasteiger partial charge < -0.3 is 14.5 Å². The van der Waals surface area contributed by atoms with Gasteiger partial charge >= 0.3 is 5.97 Å². The number of hydrogen-bond donors (Lipinski definition) is 1. The molecule has 0 radical (unpaired) electrons. The number of aromatic amines is 1. The summed E-state index contributed by atoms with van der Waals surface area (Å²) >= 11 is 0. The lowest BCUT2D eigenvalue weighted by molar-refractivity contribution is -0.0597. The fourth-order valence-electron chi connectivity index (χ4n) is 3.05. The summed E-state index contributed by atoms with van der Waals surface area (Å²) in [5.74, 6) is 0.0587. The zero-order chi connectivity index (χ0) is 15.7. The van der Waals surface area contributed by atoms with Crippen molar-refractivity contribution in [3.63, 3.8) is 0 Å². The number of esters is 1. The van der Waals surface area contributed by atoms with Crippen molar-refractivity contribution < 1.29 is 14.3 Å². The third-order valence-corrected chi connectivity index (χ3v) is 4.11. The van der Waals surface area contributed by atoms with Crippen LogP contribution in [0.15, 0.2) is 18.2 Å². The van der Waals surface area contributed by atoms with Gasteiger partial charge in [0.1, 0.15) is 5.69 Å². The number of rotatable bonds is 3. The van der Waals surface area contributed by atoms with Crippen molar-refractivity contribution in [3.05, 3.63) is 29.6 Å². The Kier molecular flexibility index (Phi) is 3.91. The minimum absolute atomic E-state index is 0.103. The van der Waals surface area contributed by atoms with Crippen molar-refractivity contribution in [3.8, 4) is 0 Å². The summed E-state index contributed by atoms with van der Waals surface area (Å²) in [5.41, 5.74) is 3.09. The van der Waals surface area contributed by atoms with Gasteiger partial charge in [-0.3, -0.25) is 4.98 Å². The van der Waals surface area contributed by atoms with Gasteiger partial charge in [-0.1, -0.05) is 0 Å². The van der Waals surface area contributed by atoms with Gasteiger partial charge in [-0.25, -0.2) is 4.79 Å². The first kappa shape index (κ1) is 15.0. The monoisotopic (exact) mass is 302 g/mol. The standard InChI is InChI=1S/C17H22N2O3/c1-4-21-16(20)15-9-14-13(19-15)6-5-12(18-14)11-7-8-22-17(2,3)10-11/h5-6,9,11,19H,4,7-8,10H2,1-3H3. The Bertz CT molecular complexity index is 690. The van der Waals surface area contributed by atoms with E-state index in [1.54, 1.807) is 13.0 Å². The molecular formula is C17H22N2O3. The van der Waals surface area contributed by atoms with Crippen molar-refractivity contribution in [2.75, 3.05) is 13.2 Å². The molecule has 2 aromatic rings. The Morgan fingerprint density at radius 1 is 1.50 bits per heavy atom. The molecule has 1 atom stereocenters. The van der Waals surface area contributed by atoms with Crippen LogP contribution in [0.5, 0.6) is 0 Å². The van der Waals surface area contributed by atoms with Crippen LogP contribution in [0.25, 0.3) is 11.0 Å². The summed E-state index contributed by atoms with van der Waals surface area (Å²) in [6, 6.07) is 5.80. The molecule has 0 spiro atoms. The lowest BCUT2D eigenvalue weighted by atomic mass is 9.86. The van der Waals surface area contributed by atoms with Crippen LogP contribution in [0.1, 0.15) is 55.7 Å². The zero-order valence-corrected chi connectivity index (χ0v) is 13.3. The van der Waals surface area contributed by atoms with Gasteiger partial charge in [-0.2, -0.15) is 0 Å². The average Bonchev–Trinajstić information content (AvgIpc) is 2.89. The van der Waals surface area contributed by atoms with E-state index in [1.807, 2.05) is 12.1 Å². The van der Waals surface area contributed by atoms with Crippen molar-refractivity contribution in [1.29, 1.82) is 0 Å². The van der Waals surface area contributed by atoms with Gasteiger partial charge in [-0.15, -0.1) is 0 Å². The van der Waals surface area contributed by atoms with Crippen LogP contribution in [0.2, 0.25) is 0 Å². The van der Waals surface area contributed by atoms with Crippen LogP contribution in [0, 0.1) is 0 Å². The van der Waals surface area contributed by atoms with Crippen LogP contribution < -0.4 is 0 Å². The van der Waals surface area contributed by atoms with Crippen molar-refractivity contribution in [1.82, 2.24) is 9.97 Å². The first-order valence-electron chi connectivity index (χ1n) is 7.79. The van der Waals surface area contributed by atoms with Crippen molar-refractivity contribution >= 4 is 17.0 Å². The minimum atomic E-state index is -0.339. The highest BCUT2D eigenvalue weighted by Crippen LogP contribution is 2.35. The second-order valence-corrected chi connectivity index (χ2v) is 6.37. The number of ether oxygens (including phenoxy) is 2. The fraction of sp³-hybridized carbons (Fsp3) is 0.529. The molecule has 1 saturated heterocycles. The third kappa shape index (κ3) is 2.99. The Labute approximate surface area is 130 Å². The summed E-state index contributed by atoms with van der Waals surface area (Å²) in [6.45, 7) is 7.16. The summed E-state index contributed by atoms with van der Waals surface area (Å²) < 4.78 is 10.8.